The van der Waals surface area contributed by atoms with Crippen LogP contribution in [0.15, 0.2) is 28.6 Å². The van der Waals surface area contributed by atoms with Crippen molar-refractivity contribution in [3.05, 3.63) is 29.8 Å². The average Bonchev–Trinajstić information content (AvgIpc) is 3.22. The maximum absolute atomic E-state index is 12.1. The van der Waals surface area contributed by atoms with Crippen LogP contribution in [0.25, 0.3) is 0 Å². The summed E-state index contributed by atoms with van der Waals surface area (Å²) >= 11 is 2.73. The highest BCUT2D eigenvalue weighted by molar-refractivity contribution is 8.01. The molecule has 1 aromatic heterocycles. The fourth-order valence-corrected chi connectivity index (χ4v) is 3.48. The zero-order valence-electron chi connectivity index (χ0n) is 11.9. The maximum atomic E-state index is 12.1. The number of ether oxygens (including phenoxy) is 1. The summed E-state index contributed by atoms with van der Waals surface area (Å²) in [6.45, 7) is -2.87. The van der Waals surface area contributed by atoms with Crippen LogP contribution in [0.5, 0.6) is 5.75 Å². The normalized spacial score (nSPS) is 14.0. The average molecular weight is 357 g/mol. The van der Waals surface area contributed by atoms with Crippen LogP contribution in [0.4, 0.5) is 13.9 Å². The number of nitrogens with zero attached hydrogens (tertiary/aromatic N) is 2. The second kappa shape index (κ2) is 7.22. The van der Waals surface area contributed by atoms with E-state index >= 15 is 0 Å². The lowest BCUT2D eigenvalue weighted by Gasteiger charge is -2.05. The molecule has 1 saturated carbocycles. The van der Waals surface area contributed by atoms with Gasteiger partial charge in [-0.15, -0.1) is 10.2 Å². The first kappa shape index (κ1) is 16.1. The van der Waals surface area contributed by atoms with Crippen LogP contribution in [0, 0.1) is 0 Å². The van der Waals surface area contributed by atoms with E-state index in [4.69, 9.17) is 0 Å². The Hall–Kier alpha value is -1.74. The highest BCUT2D eigenvalue weighted by atomic mass is 32.2. The zero-order valence-corrected chi connectivity index (χ0v) is 13.5. The fourth-order valence-electron chi connectivity index (χ4n) is 1.76. The maximum Gasteiger partial charge on any atom is 0.387 e. The number of nitrogens with one attached hydrogen (secondary N) is 1. The summed E-state index contributed by atoms with van der Waals surface area (Å²) in [7, 11) is 0. The van der Waals surface area contributed by atoms with Gasteiger partial charge in [0.2, 0.25) is 5.13 Å². The monoisotopic (exact) mass is 357 g/mol. The Balaban J connectivity index is 1.51. The minimum atomic E-state index is -2.87. The molecule has 1 aliphatic rings. The van der Waals surface area contributed by atoms with Gasteiger partial charge in [0.15, 0.2) is 10.1 Å². The van der Waals surface area contributed by atoms with Crippen molar-refractivity contribution >= 4 is 34.0 Å². The number of halogens is 2. The van der Waals surface area contributed by atoms with E-state index in [2.05, 4.69) is 20.3 Å². The number of hydrogen-bond donors (Lipinski definition) is 1. The number of carbonyl (C=O) groups excluding carboxylic acids is 1. The Morgan fingerprint density at radius 2 is 2.09 bits per heavy atom. The standard InChI is InChI=1S/C14H13F2N3O2S2/c15-12(16)21-10-5-1-8(2-6-10)11(20)7-22-14-19-18-13(23-14)17-9-3-4-9/h1-2,5-6,9,12H,3-4,7H2,(H,17,18). The van der Waals surface area contributed by atoms with Gasteiger partial charge in [0.1, 0.15) is 5.75 Å². The molecule has 1 heterocycles. The van der Waals surface area contributed by atoms with Crippen molar-refractivity contribution < 1.29 is 18.3 Å². The predicted octanol–water partition coefficient (Wildman–Crippen LogP) is 3.69. The van der Waals surface area contributed by atoms with Gasteiger partial charge in [0.05, 0.1) is 5.75 Å². The van der Waals surface area contributed by atoms with Gasteiger partial charge in [-0.1, -0.05) is 23.1 Å². The molecule has 122 valence electrons. The molecule has 1 N–H and O–H groups in total. The van der Waals surface area contributed by atoms with E-state index in [1.165, 1.54) is 47.4 Å². The summed E-state index contributed by atoms with van der Waals surface area (Å²) in [5, 5.41) is 12.1. The van der Waals surface area contributed by atoms with Crippen LogP contribution < -0.4 is 10.1 Å². The van der Waals surface area contributed by atoms with E-state index in [1.807, 2.05) is 0 Å². The fraction of sp³-hybridized carbons (Fsp3) is 0.357. The molecular weight excluding hydrogens is 344 g/mol. The minimum Gasteiger partial charge on any atom is -0.435 e. The van der Waals surface area contributed by atoms with Gasteiger partial charge in [0.25, 0.3) is 0 Å². The third-order valence-corrected chi connectivity index (χ3v) is 5.03. The second-order valence-corrected chi connectivity index (χ2v) is 7.11. The smallest absolute Gasteiger partial charge is 0.387 e. The van der Waals surface area contributed by atoms with Crippen molar-refractivity contribution in [2.45, 2.75) is 29.8 Å². The number of rotatable bonds is 8. The van der Waals surface area contributed by atoms with Crippen molar-refractivity contribution in [2.75, 3.05) is 11.1 Å². The van der Waals surface area contributed by atoms with Crippen LogP contribution in [-0.4, -0.2) is 34.4 Å². The van der Waals surface area contributed by atoms with E-state index < -0.39 is 6.61 Å². The number of ketones is 1. The van der Waals surface area contributed by atoms with Crippen LogP contribution in [0.1, 0.15) is 23.2 Å². The van der Waals surface area contributed by atoms with Gasteiger partial charge in [-0.05, 0) is 37.1 Å². The molecule has 0 spiro atoms. The zero-order chi connectivity index (χ0) is 16.2. The number of benzene rings is 1. The van der Waals surface area contributed by atoms with Gasteiger partial charge < -0.3 is 10.1 Å². The molecular formula is C14H13F2N3O2S2. The predicted molar refractivity (Wildman–Crippen MR) is 84.7 cm³/mol. The summed E-state index contributed by atoms with van der Waals surface area (Å²) in [5.74, 6) is 0.141. The summed E-state index contributed by atoms with van der Waals surface area (Å²) < 4.78 is 29.1. The van der Waals surface area contributed by atoms with E-state index in [0.717, 1.165) is 22.3 Å². The molecule has 9 heteroatoms. The molecule has 0 unspecified atom stereocenters. The molecule has 1 aromatic carbocycles. The van der Waals surface area contributed by atoms with E-state index in [-0.39, 0.29) is 17.3 Å². The quantitative estimate of drug-likeness (QED) is 0.574. The second-order valence-electron chi connectivity index (χ2n) is 4.91. The first-order valence-corrected chi connectivity index (χ1v) is 8.71. The molecule has 0 amide bonds. The molecule has 5 nitrogen and oxygen atoms in total. The number of carbonyl (C=O) groups is 1. The first-order valence-electron chi connectivity index (χ1n) is 6.91. The summed E-state index contributed by atoms with van der Waals surface area (Å²) in [5.41, 5.74) is 0.444. The first-order chi connectivity index (χ1) is 11.1. The molecule has 2 aromatic rings. The number of aromatic nitrogens is 2. The molecule has 1 fully saturated rings. The summed E-state index contributed by atoms with van der Waals surface area (Å²) in [6.07, 6.45) is 2.32. The lowest BCUT2D eigenvalue weighted by atomic mass is 10.1. The molecule has 0 saturated heterocycles. The van der Waals surface area contributed by atoms with Gasteiger partial charge in [0, 0.05) is 11.6 Å². The Labute approximate surface area is 139 Å². The molecule has 0 radical (unpaired) electrons. The number of Topliss-reactive ketones (excluding diaryl/α,β-unsaturated/α-hetero) is 1. The molecule has 0 aliphatic heterocycles. The van der Waals surface area contributed by atoms with Crippen molar-refractivity contribution in [1.82, 2.24) is 10.2 Å². The SMILES string of the molecule is O=C(CSc1nnc(NC2CC2)s1)c1ccc(OC(F)F)cc1. The number of alkyl halides is 2. The number of anilines is 1. The molecule has 23 heavy (non-hydrogen) atoms. The summed E-state index contributed by atoms with van der Waals surface area (Å²) in [4.78, 5) is 12.1. The lowest BCUT2D eigenvalue weighted by molar-refractivity contribution is -0.0498. The van der Waals surface area contributed by atoms with Crippen molar-refractivity contribution in [1.29, 1.82) is 0 Å². The van der Waals surface area contributed by atoms with E-state index in [9.17, 15) is 13.6 Å². The van der Waals surface area contributed by atoms with Crippen LogP contribution in [0.3, 0.4) is 0 Å². The number of hydrogen-bond acceptors (Lipinski definition) is 7. The highest BCUT2D eigenvalue weighted by Crippen LogP contribution is 2.30. The van der Waals surface area contributed by atoms with Gasteiger partial charge in [-0.2, -0.15) is 8.78 Å². The molecule has 0 bridgehead atoms. The van der Waals surface area contributed by atoms with Crippen LogP contribution >= 0.6 is 23.1 Å². The molecule has 3 rings (SSSR count). The Morgan fingerprint density at radius 1 is 1.35 bits per heavy atom. The Morgan fingerprint density at radius 3 is 2.74 bits per heavy atom. The van der Waals surface area contributed by atoms with Gasteiger partial charge in [-0.25, -0.2) is 0 Å². The highest BCUT2D eigenvalue weighted by Gasteiger charge is 2.22. The van der Waals surface area contributed by atoms with Crippen molar-refractivity contribution in [3.8, 4) is 5.75 Å². The molecule has 1 aliphatic carbocycles. The van der Waals surface area contributed by atoms with Crippen molar-refractivity contribution in [3.63, 3.8) is 0 Å². The Kier molecular flexibility index (Phi) is 5.06. The van der Waals surface area contributed by atoms with Crippen LogP contribution in [-0.2, 0) is 0 Å². The van der Waals surface area contributed by atoms with E-state index in [1.54, 1.807) is 0 Å². The third-order valence-electron chi connectivity index (χ3n) is 3.04. The minimum absolute atomic E-state index is 0.0316. The molecule has 0 atom stereocenters. The van der Waals surface area contributed by atoms with Gasteiger partial charge >= 0.3 is 6.61 Å². The summed E-state index contributed by atoms with van der Waals surface area (Å²) in [6, 6.07) is 6.16. The Bertz CT molecular complexity index is 675. The van der Waals surface area contributed by atoms with Gasteiger partial charge in [-0.3, -0.25) is 4.79 Å². The van der Waals surface area contributed by atoms with E-state index in [0.29, 0.717) is 11.6 Å². The van der Waals surface area contributed by atoms with Crippen LogP contribution in [0.2, 0.25) is 0 Å². The largest absolute Gasteiger partial charge is 0.435 e. The topological polar surface area (TPSA) is 64.1 Å². The van der Waals surface area contributed by atoms with Crippen molar-refractivity contribution in [2.24, 2.45) is 0 Å². The lowest BCUT2D eigenvalue weighted by Crippen LogP contribution is -2.04. The third kappa shape index (κ3) is 4.87. The number of thioether (sulfide) groups is 1.